The van der Waals surface area contributed by atoms with Gasteiger partial charge in [-0.25, -0.2) is 0 Å². The van der Waals surface area contributed by atoms with Crippen LogP contribution in [-0.2, 0) is 0 Å². The molecule has 0 amide bonds. The number of benzene rings is 2. The first-order valence-electron chi connectivity index (χ1n) is 9.81. The molecule has 0 bridgehead atoms. The first-order valence-corrected chi connectivity index (χ1v) is 9.81. The topological polar surface area (TPSA) is 31.6 Å². The van der Waals surface area contributed by atoms with Gasteiger partial charge in [0.05, 0.1) is 12.7 Å². The van der Waals surface area contributed by atoms with Gasteiger partial charge in [-0.3, -0.25) is 0 Å². The van der Waals surface area contributed by atoms with Crippen molar-refractivity contribution in [2.24, 2.45) is 0 Å². The first kappa shape index (κ1) is 18.1. The highest BCUT2D eigenvalue weighted by Gasteiger charge is 2.22. The molecule has 0 atom stereocenters. The minimum Gasteiger partial charge on any atom is -0.490 e. The van der Waals surface area contributed by atoms with Crippen molar-refractivity contribution in [1.29, 1.82) is 0 Å². The van der Waals surface area contributed by atoms with Gasteiger partial charge in [0.1, 0.15) is 0 Å². The Balaban J connectivity index is 1.69. The van der Waals surface area contributed by atoms with Crippen LogP contribution in [0.3, 0.4) is 0 Å². The van der Waals surface area contributed by atoms with Gasteiger partial charge in [-0.2, -0.15) is 8.78 Å². The van der Waals surface area contributed by atoms with Crippen molar-refractivity contribution < 1.29 is 22.7 Å². The molecule has 1 saturated carbocycles. The minimum absolute atomic E-state index is 0.0210. The van der Waals surface area contributed by atoms with Gasteiger partial charge in [-0.05, 0) is 56.4 Å². The van der Waals surface area contributed by atoms with Crippen LogP contribution < -0.4 is 9.47 Å². The number of hydrogen-bond acceptors (Lipinski definition) is 3. The molecule has 0 N–H and O–H groups in total. The smallest absolute Gasteiger partial charge is 0.208 e. The van der Waals surface area contributed by atoms with E-state index in [0.717, 1.165) is 38.5 Å². The van der Waals surface area contributed by atoms with Crippen LogP contribution in [0.4, 0.5) is 8.78 Å². The zero-order valence-electron chi connectivity index (χ0n) is 15.5. The van der Waals surface area contributed by atoms with Crippen LogP contribution in [0.2, 0.25) is 0 Å². The van der Waals surface area contributed by atoms with Crippen molar-refractivity contribution in [3.63, 3.8) is 0 Å². The van der Waals surface area contributed by atoms with Crippen LogP contribution in [0.15, 0.2) is 28.7 Å². The molecule has 1 heterocycles. The minimum atomic E-state index is -0.589. The fraction of sp³-hybridized carbons (Fsp3) is 0.455. The van der Waals surface area contributed by atoms with E-state index in [2.05, 4.69) is 0 Å². The third-order valence-corrected chi connectivity index (χ3v) is 5.22. The van der Waals surface area contributed by atoms with Crippen LogP contribution in [0, 0.1) is 11.6 Å². The maximum atomic E-state index is 15.0. The number of furan rings is 1. The molecule has 0 radical (unpaired) electrons. The highest BCUT2D eigenvalue weighted by molar-refractivity contribution is 6.06. The molecule has 2 aromatic carbocycles. The molecule has 1 fully saturated rings. The summed E-state index contributed by atoms with van der Waals surface area (Å²) in [6, 6.07) is 6.64. The van der Waals surface area contributed by atoms with E-state index in [1.165, 1.54) is 6.42 Å². The predicted molar refractivity (Wildman–Crippen MR) is 102 cm³/mol. The Hall–Kier alpha value is -2.30. The SMILES string of the molecule is CCCCOc1ccc2c(oc3c(F)c(OC4CCCCC4)ccc32)c1F. The number of ether oxygens (including phenoxy) is 2. The van der Waals surface area contributed by atoms with Gasteiger partial charge in [0.2, 0.25) is 11.6 Å². The molecular formula is C22H24F2O3. The molecule has 0 spiro atoms. The highest BCUT2D eigenvalue weighted by atomic mass is 19.1. The van der Waals surface area contributed by atoms with Crippen molar-refractivity contribution in [1.82, 2.24) is 0 Å². The van der Waals surface area contributed by atoms with Crippen molar-refractivity contribution in [3.8, 4) is 11.5 Å². The summed E-state index contributed by atoms with van der Waals surface area (Å²) < 4.78 is 46.7. The Morgan fingerprint density at radius 1 is 0.926 bits per heavy atom. The summed E-state index contributed by atoms with van der Waals surface area (Å²) in [4.78, 5) is 0. The van der Waals surface area contributed by atoms with E-state index in [1.54, 1.807) is 24.3 Å². The monoisotopic (exact) mass is 374 g/mol. The first-order chi connectivity index (χ1) is 13.2. The molecule has 144 valence electrons. The molecule has 1 aliphatic carbocycles. The number of halogens is 2. The Morgan fingerprint density at radius 2 is 1.56 bits per heavy atom. The van der Waals surface area contributed by atoms with Crippen LogP contribution in [0.1, 0.15) is 51.9 Å². The molecule has 27 heavy (non-hydrogen) atoms. The molecule has 3 nitrogen and oxygen atoms in total. The van der Waals surface area contributed by atoms with Gasteiger partial charge in [0.15, 0.2) is 22.7 Å². The normalized spacial score (nSPS) is 15.5. The number of hydrogen-bond donors (Lipinski definition) is 0. The lowest BCUT2D eigenvalue weighted by molar-refractivity contribution is 0.149. The van der Waals surface area contributed by atoms with Crippen molar-refractivity contribution in [2.75, 3.05) is 6.61 Å². The third-order valence-electron chi connectivity index (χ3n) is 5.22. The maximum absolute atomic E-state index is 15.0. The van der Waals surface area contributed by atoms with Crippen LogP contribution in [0.25, 0.3) is 21.9 Å². The van der Waals surface area contributed by atoms with E-state index in [1.807, 2.05) is 6.92 Å². The van der Waals surface area contributed by atoms with E-state index in [0.29, 0.717) is 17.4 Å². The predicted octanol–water partition coefficient (Wildman–Crippen LogP) is 6.75. The Labute approximate surface area is 157 Å². The van der Waals surface area contributed by atoms with Gasteiger partial charge >= 0.3 is 0 Å². The van der Waals surface area contributed by atoms with E-state index < -0.39 is 11.6 Å². The van der Waals surface area contributed by atoms with E-state index >= 15 is 0 Å². The second-order valence-corrected chi connectivity index (χ2v) is 7.19. The molecule has 5 heteroatoms. The van der Waals surface area contributed by atoms with Crippen LogP contribution in [-0.4, -0.2) is 12.7 Å². The Morgan fingerprint density at radius 3 is 2.22 bits per heavy atom. The third kappa shape index (κ3) is 3.47. The second-order valence-electron chi connectivity index (χ2n) is 7.19. The molecule has 1 aromatic heterocycles. The molecular weight excluding hydrogens is 350 g/mol. The summed E-state index contributed by atoms with van der Waals surface area (Å²) >= 11 is 0. The second kappa shape index (κ2) is 7.75. The summed E-state index contributed by atoms with van der Waals surface area (Å²) in [7, 11) is 0. The van der Waals surface area contributed by atoms with Gasteiger partial charge in [-0.15, -0.1) is 0 Å². The van der Waals surface area contributed by atoms with Gasteiger partial charge < -0.3 is 13.9 Å². The van der Waals surface area contributed by atoms with E-state index in [4.69, 9.17) is 13.9 Å². The van der Waals surface area contributed by atoms with E-state index in [9.17, 15) is 8.78 Å². The van der Waals surface area contributed by atoms with Gasteiger partial charge in [-0.1, -0.05) is 19.8 Å². The average Bonchev–Trinajstić information content (AvgIpc) is 3.07. The van der Waals surface area contributed by atoms with E-state index in [-0.39, 0.29) is 28.8 Å². The van der Waals surface area contributed by atoms with Gasteiger partial charge in [0.25, 0.3) is 0 Å². The lowest BCUT2D eigenvalue weighted by Crippen LogP contribution is -2.20. The Bertz CT molecular complexity index is 942. The quantitative estimate of drug-likeness (QED) is 0.447. The van der Waals surface area contributed by atoms with Crippen molar-refractivity contribution in [2.45, 2.75) is 58.0 Å². The average molecular weight is 374 g/mol. The zero-order valence-corrected chi connectivity index (χ0v) is 15.5. The zero-order chi connectivity index (χ0) is 18.8. The highest BCUT2D eigenvalue weighted by Crippen LogP contribution is 2.38. The molecule has 0 unspecified atom stereocenters. The number of fused-ring (bicyclic) bond motifs is 3. The fourth-order valence-corrected chi connectivity index (χ4v) is 3.69. The van der Waals surface area contributed by atoms with Crippen molar-refractivity contribution >= 4 is 21.9 Å². The summed E-state index contributed by atoms with van der Waals surface area (Å²) in [6.07, 6.45) is 7.11. The molecule has 0 aliphatic heterocycles. The standard InChI is InChI=1S/C22H24F2O3/c1-2-3-13-25-17-11-9-15-16-10-12-18(26-14-7-5-4-6-8-14)20(24)22(16)27-21(15)19(17)23/h9-12,14H,2-8,13H2,1H3. The Kier molecular flexibility index (Phi) is 5.19. The van der Waals surface area contributed by atoms with Crippen molar-refractivity contribution in [3.05, 3.63) is 35.9 Å². The summed E-state index contributed by atoms with van der Waals surface area (Å²) in [5.41, 5.74) is 0.0515. The lowest BCUT2D eigenvalue weighted by Gasteiger charge is -2.23. The number of unbranched alkanes of at least 4 members (excludes halogenated alkanes) is 1. The molecule has 4 rings (SSSR count). The largest absolute Gasteiger partial charge is 0.490 e. The fourth-order valence-electron chi connectivity index (χ4n) is 3.69. The number of rotatable bonds is 6. The van der Waals surface area contributed by atoms with Gasteiger partial charge in [0, 0.05) is 10.8 Å². The summed E-state index contributed by atoms with van der Waals surface area (Å²) in [5, 5.41) is 1.07. The van der Waals surface area contributed by atoms with Crippen LogP contribution >= 0.6 is 0 Å². The lowest BCUT2D eigenvalue weighted by atomic mass is 9.98. The van der Waals surface area contributed by atoms with Crippen LogP contribution in [0.5, 0.6) is 11.5 Å². The summed E-state index contributed by atoms with van der Waals surface area (Å²) in [5.74, 6) is -0.849. The molecule has 3 aromatic rings. The maximum Gasteiger partial charge on any atom is 0.208 e. The summed E-state index contributed by atoms with van der Waals surface area (Å²) in [6.45, 7) is 2.48. The molecule has 1 aliphatic rings. The molecule has 0 saturated heterocycles.